The number of nitrogens with zero attached hydrogens (tertiary/aromatic N) is 2. The van der Waals surface area contributed by atoms with E-state index in [1.807, 2.05) is 6.92 Å². The van der Waals surface area contributed by atoms with Crippen molar-refractivity contribution in [2.75, 3.05) is 6.61 Å². The predicted octanol–water partition coefficient (Wildman–Crippen LogP) is 2.16. The molecule has 2 aliphatic rings. The summed E-state index contributed by atoms with van der Waals surface area (Å²) in [6, 6.07) is 0. The number of nitrogens with two attached hydrogens (primary N) is 1. The van der Waals surface area contributed by atoms with Gasteiger partial charge < -0.3 is 15.0 Å². The lowest BCUT2D eigenvalue weighted by atomic mass is 9.80. The Kier molecular flexibility index (Phi) is 3.58. The first-order valence-corrected chi connectivity index (χ1v) is 7.43. The van der Waals surface area contributed by atoms with Crippen LogP contribution >= 0.6 is 0 Å². The minimum Gasteiger partial charge on any atom is -0.378 e. The third kappa shape index (κ3) is 2.67. The largest absolute Gasteiger partial charge is 0.378 e. The lowest BCUT2D eigenvalue weighted by molar-refractivity contribution is -0.0258. The average Bonchev–Trinajstić information content (AvgIpc) is 2.96. The Morgan fingerprint density at radius 3 is 2.79 bits per heavy atom. The smallest absolute Gasteiger partial charge is 0.226 e. The van der Waals surface area contributed by atoms with E-state index >= 15 is 0 Å². The minimum atomic E-state index is -0.338. The van der Waals surface area contributed by atoms with Crippen molar-refractivity contribution < 1.29 is 9.26 Å². The number of aromatic nitrogens is 2. The highest BCUT2D eigenvalue weighted by molar-refractivity contribution is 5.07. The van der Waals surface area contributed by atoms with Crippen molar-refractivity contribution in [1.29, 1.82) is 0 Å². The number of ether oxygens (including phenoxy) is 1. The van der Waals surface area contributed by atoms with Crippen molar-refractivity contribution in [3.63, 3.8) is 0 Å². The van der Waals surface area contributed by atoms with E-state index in [1.54, 1.807) is 0 Å². The predicted molar refractivity (Wildman–Crippen MR) is 70.5 cm³/mol. The van der Waals surface area contributed by atoms with Crippen molar-refractivity contribution in [2.24, 2.45) is 11.7 Å². The summed E-state index contributed by atoms with van der Waals surface area (Å²) in [7, 11) is 0. The molecular weight excluding hydrogens is 242 g/mol. The standard InChI is InChI=1S/C14H23N3O2/c1-2-18-11-7-10(8-11)9-12-16-13(17-19-12)14(15)5-3-4-6-14/h10-11H,2-9,15H2,1H3. The van der Waals surface area contributed by atoms with Crippen molar-refractivity contribution >= 4 is 0 Å². The van der Waals surface area contributed by atoms with Gasteiger partial charge in [-0.1, -0.05) is 18.0 Å². The molecule has 3 rings (SSSR count). The topological polar surface area (TPSA) is 74.2 Å². The maximum Gasteiger partial charge on any atom is 0.226 e. The Morgan fingerprint density at radius 1 is 1.37 bits per heavy atom. The van der Waals surface area contributed by atoms with E-state index in [-0.39, 0.29) is 5.54 Å². The van der Waals surface area contributed by atoms with Crippen molar-refractivity contribution in [3.05, 3.63) is 11.7 Å². The Hall–Kier alpha value is -0.940. The fourth-order valence-electron chi connectivity index (χ4n) is 3.23. The monoisotopic (exact) mass is 265 g/mol. The minimum absolute atomic E-state index is 0.338. The lowest BCUT2D eigenvalue weighted by Gasteiger charge is -2.33. The maximum atomic E-state index is 6.33. The fourth-order valence-corrected chi connectivity index (χ4v) is 3.23. The zero-order valence-corrected chi connectivity index (χ0v) is 11.6. The molecule has 106 valence electrons. The molecule has 0 aromatic carbocycles. The molecule has 1 heterocycles. The zero-order chi connectivity index (χ0) is 13.3. The van der Waals surface area contributed by atoms with Gasteiger partial charge in [-0.3, -0.25) is 0 Å². The van der Waals surface area contributed by atoms with Crippen LogP contribution in [0.25, 0.3) is 0 Å². The fraction of sp³-hybridized carbons (Fsp3) is 0.857. The van der Waals surface area contributed by atoms with Crippen molar-refractivity contribution in [1.82, 2.24) is 10.1 Å². The molecule has 0 amide bonds. The summed E-state index contributed by atoms with van der Waals surface area (Å²) in [6.45, 7) is 2.84. The summed E-state index contributed by atoms with van der Waals surface area (Å²) in [5.74, 6) is 2.08. The van der Waals surface area contributed by atoms with Crippen molar-refractivity contribution in [2.45, 2.75) is 63.5 Å². The van der Waals surface area contributed by atoms with Crippen molar-refractivity contribution in [3.8, 4) is 0 Å². The molecule has 0 bridgehead atoms. The molecule has 5 heteroatoms. The molecule has 1 aromatic rings. The van der Waals surface area contributed by atoms with Gasteiger partial charge in [-0.25, -0.2) is 0 Å². The third-order valence-corrected chi connectivity index (χ3v) is 4.47. The van der Waals surface area contributed by atoms with Crippen LogP contribution in [0.2, 0.25) is 0 Å². The quantitative estimate of drug-likeness (QED) is 0.883. The first kappa shape index (κ1) is 13.1. The molecule has 2 saturated carbocycles. The van der Waals surface area contributed by atoms with E-state index < -0.39 is 0 Å². The molecule has 2 N–H and O–H groups in total. The summed E-state index contributed by atoms with van der Waals surface area (Å²) in [5.41, 5.74) is 5.99. The number of hydrogen-bond donors (Lipinski definition) is 1. The van der Waals surface area contributed by atoms with E-state index in [0.29, 0.717) is 17.8 Å². The Bertz CT molecular complexity index is 420. The summed E-state index contributed by atoms with van der Waals surface area (Å²) < 4.78 is 10.9. The first-order chi connectivity index (χ1) is 9.19. The maximum absolute atomic E-state index is 6.33. The second-order valence-electron chi connectivity index (χ2n) is 5.99. The average molecular weight is 265 g/mol. The highest BCUT2D eigenvalue weighted by Crippen LogP contribution is 2.36. The van der Waals surface area contributed by atoms with Crippen LogP contribution in [0.4, 0.5) is 0 Å². The second-order valence-corrected chi connectivity index (χ2v) is 5.99. The molecule has 1 aromatic heterocycles. The van der Waals surface area contributed by atoms with Crippen LogP contribution in [0.3, 0.4) is 0 Å². The second kappa shape index (κ2) is 5.21. The summed E-state index contributed by atoms with van der Waals surface area (Å²) in [5, 5.41) is 4.09. The summed E-state index contributed by atoms with van der Waals surface area (Å²) in [4.78, 5) is 4.51. The molecule has 5 nitrogen and oxygen atoms in total. The molecule has 0 spiro atoms. The highest BCUT2D eigenvalue weighted by Gasteiger charge is 2.37. The van der Waals surface area contributed by atoms with Crippen LogP contribution in [0.5, 0.6) is 0 Å². The normalized spacial score (nSPS) is 29.4. The van der Waals surface area contributed by atoms with Crippen LogP contribution in [0.15, 0.2) is 4.52 Å². The van der Waals surface area contributed by atoms with Gasteiger partial charge in [0.1, 0.15) is 0 Å². The molecule has 2 fully saturated rings. The molecule has 2 aliphatic carbocycles. The van der Waals surface area contributed by atoms with Gasteiger partial charge in [0.15, 0.2) is 5.82 Å². The number of rotatable bonds is 5. The summed E-state index contributed by atoms with van der Waals surface area (Å²) in [6.07, 6.45) is 7.81. The molecule has 0 unspecified atom stereocenters. The van der Waals surface area contributed by atoms with Crippen LogP contribution in [0, 0.1) is 5.92 Å². The molecule has 19 heavy (non-hydrogen) atoms. The molecule has 0 aliphatic heterocycles. The molecular formula is C14H23N3O2. The Morgan fingerprint density at radius 2 is 2.11 bits per heavy atom. The molecule has 0 radical (unpaired) electrons. The van der Waals surface area contributed by atoms with Crippen LogP contribution in [-0.2, 0) is 16.7 Å². The first-order valence-electron chi connectivity index (χ1n) is 7.43. The van der Waals surface area contributed by atoms with E-state index in [1.165, 1.54) is 12.8 Å². The van der Waals surface area contributed by atoms with Gasteiger partial charge in [-0.2, -0.15) is 4.98 Å². The zero-order valence-electron chi connectivity index (χ0n) is 11.6. The van der Waals surface area contributed by atoms with Crippen LogP contribution < -0.4 is 5.73 Å². The van der Waals surface area contributed by atoms with E-state index in [4.69, 9.17) is 15.0 Å². The SMILES string of the molecule is CCOC1CC(Cc2nc(C3(N)CCCC3)no2)C1. The highest BCUT2D eigenvalue weighted by atomic mass is 16.5. The third-order valence-electron chi connectivity index (χ3n) is 4.47. The lowest BCUT2D eigenvalue weighted by Crippen LogP contribution is -2.34. The van der Waals surface area contributed by atoms with Gasteiger partial charge in [-0.15, -0.1) is 0 Å². The Balaban J connectivity index is 1.54. The Labute approximate surface area is 113 Å². The van der Waals surface area contributed by atoms with Gasteiger partial charge in [0.2, 0.25) is 5.89 Å². The van der Waals surface area contributed by atoms with Gasteiger partial charge in [0.25, 0.3) is 0 Å². The van der Waals surface area contributed by atoms with E-state index in [0.717, 1.165) is 44.6 Å². The van der Waals surface area contributed by atoms with Crippen LogP contribution in [0.1, 0.15) is 57.2 Å². The van der Waals surface area contributed by atoms with Gasteiger partial charge in [0, 0.05) is 13.0 Å². The number of hydrogen-bond acceptors (Lipinski definition) is 5. The van der Waals surface area contributed by atoms with E-state index in [9.17, 15) is 0 Å². The summed E-state index contributed by atoms with van der Waals surface area (Å²) >= 11 is 0. The molecule has 0 atom stereocenters. The van der Waals surface area contributed by atoms with Gasteiger partial charge in [0.05, 0.1) is 11.6 Å². The van der Waals surface area contributed by atoms with Crippen LogP contribution in [-0.4, -0.2) is 22.9 Å². The van der Waals surface area contributed by atoms with Gasteiger partial charge in [-0.05, 0) is 38.5 Å². The van der Waals surface area contributed by atoms with Gasteiger partial charge >= 0.3 is 0 Å². The van der Waals surface area contributed by atoms with E-state index in [2.05, 4.69) is 10.1 Å². The molecule has 0 saturated heterocycles.